The van der Waals surface area contributed by atoms with Crippen LogP contribution in [0.25, 0.3) is 0 Å². The van der Waals surface area contributed by atoms with Gasteiger partial charge in [0.15, 0.2) is 0 Å². The molecule has 1 aliphatic heterocycles. The standard InChI is InChI=1S/C13H23NO2/c1-4-5-6-12(15)16-13(2,3)11-7-9-14-10-8-11/h5-6,11,14H,4,7-10H2,1-3H3/b6-5+. The molecule has 0 spiro atoms. The molecule has 0 unspecified atom stereocenters. The summed E-state index contributed by atoms with van der Waals surface area (Å²) in [6.07, 6.45) is 6.39. The fraction of sp³-hybridized carbons (Fsp3) is 0.769. The summed E-state index contributed by atoms with van der Waals surface area (Å²) < 4.78 is 5.53. The molecule has 92 valence electrons. The molecule has 1 rings (SSSR count). The number of hydrogen-bond acceptors (Lipinski definition) is 3. The molecule has 0 bridgehead atoms. The number of carbonyl (C=O) groups is 1. The lowest BCUT2D eigenvalue weighted by molar-refractivity contribution is -0.156. The zero-order valence-corrected chi connectivity index (χ0v) is 10.6. The first-order valence-corrected chi connectivity index (χ1v) is 6.16. The summed E-state index contributed by atoms with van der Waals surface area (Å²) in [5.74, 6) is 0.248. The third-order valence-electron chi connectivity index (χ3n) is 3.18. The second kappa shape index (κ2) is 6.04. The Morgan fingerprint density at radius 3 is 2.62 bits per heavy atom. The summed E-state index contributed by atoms with van der Waals surface area (Å²) in [5.41, 5.74) is -0.350. The molecular formula is C13H23NO2. The smallest absolute Gasteiger partial charge is 0.330 e. The monoisotopic (exact) mass is 225 g/mol. The number of carbonyl (C=O) groups excluding carboxylic acids is 1. The van der Waals surface area contributed by atoms with Crippen molar-refractivity contribution in [3.63, 3.8) is 0 Å². The Morgan fingerprint density at radius 2 is 2.06 bits per heavy atom. The molecule has 1 aliphatic rings. The molecule has 0 aromatic heterocycles. The molecule has 1 fully saturated rings. The van der Waals surface area contributed by atoms with E-state index in [4.69, 9.17) is 4.74 Å². The molecule has 3 heteroatoms. The van der Waals surface area contributed by atoms with Crippen LogP contribution < -0.4 is 5.32 Å². The number of ether oxygens (including phenoxy) is 1. The van der Waals surface area contributed by atoms with E-state index in [0.29, 0.717) is 5.92 Å². The van der Waals surface area contributed by atoms with E-state index in [1.807, 2.05) is 26.8 Å². The third kappa shape index (κ3) is 3.97. The van der Waals surface area contributed by atoms with Gasteiger partial charge in [0.2, 0.25) is 0 Å². The van der Waals surface area contributed by atoms with Crippen LogP contribution >= 0.6 is 0 Å². The van der Waals surface area contributed by atoms with E-state index in [-0.39, 0.29) is 11.6 Å². The lowest BCUT2D eigenvalue weighted by Gasteiger charge is -2.36. The molecular weight excluding hydrogens is 202 g/mol. The minimum absolute atomic E-state index is 0.217. The fourth-order valence-corrected chi connectivity index (χ4v) is 2.11. The van der Waals surface area contributed by atoms with Gasteiger partial charge in [0.1, 0.15) is 5.60 Å². The van der Waals surface area contributed by atoms with E-state index < -0.39 is 0 Å². The lowest BCUT2D eigenvalue weighted by Crippen LogP contribution is -2.42. The summed E-state index contributed by atoms with van der Waals surface area (Å²) in [4.78, 5) is 11.5. The van der Waals surface area contributed by atoms with Crippen LogP contribution in [0.15, 0.2) is 12.2 Å². The number of rotatable bonds is 4. The summed E-state index contributed by atoms with van der Waals surface area (Å²) in [6, 6.07) is 0. The maximum absolute atomic E-state index is 11.5. The van der Waals surface area contributed by atoms with Crippen molar-refractivity contribution in [1.82, 2.24) is 5.32 Å². The van der Waals surface area contributed by atoms with E-state index in [2.05, 4.69) is 5.32 Å². The molecule has 1 heterocycles. The maximum Gasteiger partial charge on any atom is 0.330 e. The van der Waals surface area contributed by atoms with Crippen LogP contribution in [-0.2, 0) is 9.53 Å². The highest BCUT2D eigenvalue weighted by atomic mass is 16.6. The zero-order chi connectivity index (χ0) is 12.0. The topological polar surface area (TPSA) is 38.3 Å². The first-order chi connectivity index (χ1) is 7.56. The van der Waals surface area contributed by atoms with Crippen molar-refractivity contribution in [2.45, 2.75) is 45.6 Å². The molecule has 0 atom stereocenters. The summed E-state index contributed by atoms with van der Waals surface area (Å²) in [5, 5.41) is 3.32. The number of hydrogen-bond donors (Lipinski definition) is 1. The van der Waals surface area contributed by atoms with Crippen LogP contribution in [-0.4, -0.2) is 24.7 Å². The van der Waals surface area contributed by atoms with Crippen LogP contribution in [0.1, 0.15) is 40.0 Å². The van der Waals surface area contributed by atoms with Gasteiger partial charge in [0.25, 0.3) is 0 Å². The molecule has 0 aliphatic carbocycles. The average Bonchev–Trinajstić information content (AvgIpc) is 2.27. The maximum atomic E-state index is 11.5. The Labute approximate surface area is 98.2 Å². The van der Waals surface area contributed by atoms with Crippen molar-refractivity contribution >= 4 is 5.97 Å². The van der Waals surface area contributed by atoms with Crippen LogP contribution in [0, 0.1) is 5.92 Å². The van der Waals surface area contributed by atoms with Gasteiger partial charge in [-0.1, -0.05) is 13.0 Å². The Bertz CT molecular complexity index is 253. The number of piperidine rings is 1. The number of esters is 1. The Morgan fingerprint density at radius 1 is 1.44 bits per heavy atom. The predicted octanol–water partition coefficient (Wildman–Crippen LogP) is 2.27. The van der Waals surface area contributed by atoms with Gasteiger partial charge < -0.3 is 10.1 Å². The van der Waals surface area contributed by atoms with E-state index in [1.54, 1.807) is 0 Å². The molecule has 3 nitrogen and oxygen atoms in total. The Balaban J connectivity index is 2.48. The Hall–Kier alpha value is -0.830. The van der Waals surface area contributed by atoms with Crippen molar-refractivity contribution in [1.29, 1.82) is 0 Å². The number of allylic oxidation sites excluding steroid dienone is 1. The summed E-state index contributed by atoms with van der Waals surface area (Å²) in [6.45, 7) is 8.08. The number of nitrogens with one attached hydrogen (secondary N) is 1. The van der Waals surface area contributed by atoms with Crippen molar-refractivity contribution in [3.05, 3.63) is 12.2 Å². The molecule has 0 radical (unpaired) electrons. The van der Waals surface area contributed by atoms with Gasteiger partial charge in [-0.25, -0.2) is 4.79 Å². The highest BCUT2D eigenvalue weighted by molar-refractivity contribution is 5.82. The summed E-state index contributed by atoms with van der Waals surface area (Å²) in [7, 11) is 0. The Kier molecular flexibility index (Phi) is 5.00. The van der Waals surface area contributed by atoms with Crippen molar-refractivity contribution in [3.8, 4) is 0 Å². The van der Waals surface area contributed by atoms with Crippen molar-refractivity contribution in [2.75, 3.05) is 13.1 Å². The molecule has 0 aromatic rings. The molecule has 0 amide bonds. The van der Waals surface area contributed by atoms with Gasteiger partial charge in [0.05, 0.1) is 0 Å². The van der Waals surface area contributed by atoms with Crippen LogP contribution in [0.2, 0.25) is 0 Å². The van der Waals surface area contributed by atoms with Gasteiger partial charge in [-0.15, -0.1) is 0 Å². The second-order valence-corrected chi connectivity index (χ2v) is 4.86. The lowest BCUT2D eigenvalue weighted by atomic mass is 9.83. The highest BCUT2D eigenvalue weighted by Gasteiger charge is 2.33. The summed E-state index contributed by atoms with van der Waals surface area (Å²) >= 11 is 0. The minimum atomic E-state index is -0.350. The van der Waals surface area contributed by atoms with Crippen LogP contribution in [0.4, 0.5) is 0 Å². The van der Waals surface area contributed by atoms with E-state index in [0.717, 1.165) is 32.4 Å². The normalized spacial score (nSPS) is 18.9. The molecule has 1 N–H and O–H groups in total. The van der Waals surface area contributed by atoms with Gasteiger partial charge in [-0.05, 0) is 46.2 Å². The minimum Gasteiger partial charge on any atom is -0.456 e. The van der Waals surface area contributed by atoms with Crippen LogP contribution in [0.5, 0.6) is 0 Å². The van der Waals surface area contributed by atoms with Gasteiger partial charge in [0, 0.05) is 12.0 Å². The van der Waals surface area contributed by atoms with Gasteiger partial charge in [-0.3, -0.25) is 0 Å². The molecule has 0 aromatic carbocycles. The average molecular weight is 225 g/mol. The van der Waals surface area contributed by atoms with Crippen molar-refractivity contribution in [2.24, 2.45) is 5.92 Å². The van der Waals surface area contributed by atoms with Gasteiger partial charge >= 0.3 is 5.97 Å². The van der Waals surface area contributed by atoms with Gasteiger partial charge in [-0.2, -0.15) is 0 Å². The quantitative estimate of drug-likeness (QED) is 0.589. The predicted molar refractivity (Wildman–Crippen MR) is 65.2 cm³/mol. The molecule has 16 heavy (non-hydrogen) atoms. The van der Waals surface area contributed by atoms with E-state index in [1.165, 1.54) is 6.08 Å². The highest BCUT2D eigenvalue weighted by Crippen LogP contribution is 2.28. The van der Waals surface area contributed by atoms with E-state index >= 15 is 0 Å². The van der Waals surface area contributed by atoms with Crippen molar-refractivity contribution < 1.29 is 9.53 Å². The first-order valence-electron chi connectivity index (χ1n) is 6.16. The zero-order valence-electron chi connectivity index (χ0n) is 10.6. The molecule has 1 saturated heterocycles. The second-order valence-electron chi connectivity index (χ2n) is 4.86. The fourth-order valence-electron chi connectivity index (χ4n) is 2.11. The largest absolute Gasteiger partial charge is 0.456 e. The first kappa shape index (κ1) is 13.2. The third-order valence-corrected chi connectivity index (χ3v) is 3.18. The van der Waals surface area contributed by atoms with E-state index in [9.17, 15) is 4.79 Å². The SMILES string of the molecule is CC/C=C/C(=O)OC(C)(C)C1CCNCC1. The molecule has 0 saturated carbocycles. The van der Waals surface area contributed by atoms with Crippen LogP contribution in [0.3, 0.4) is 0 Å².